The zero-order chi connectivity index (χ0) is 8.39. The Labute approximate surface area is 74.7 Å². The van der Waals surface area contributed by atoms with Crippen LogP contribution in [0.3, 0.4) is 0 Å². The van der Waals surface area contributed by atoms with Gasteiger partial charge in [0, 0.05) is 0 Å². The highest BCUT2D eigenvalue weighted by Crippen LogP contribution is 2.41. The topological polar surface area (TPSA) is 0 Å². The molecule has 0 aromatic carbocycles. The minimum atomic E-state index is 0.913. The van der Waals surface area contributed by atoms with Crippen LogP contribution in [0.1, 0.15) is 32.6 Å². The second-order valence-corrected chi connectivity index (χ2v) is 3.67. The van der Waals surface area contributed by atoms with Crippen LogP contribution in [0.5, 0.6) is 0 Å². The monoisotopic (exact) mass is 160 g/mol. The van der Waals surface area contributed by atoms with Crippen molar-refractivity contribution in [2.75, 3.05) is 0 Å². The molecule has 1 saturated carbocycles. The molecule has 2 rings (SSSR count). The van der Waals surface area contributed by atoms with Gasteiger partial charge in [-0.3, -0.25) is 0 Å². The zero-order valence-corrected chi connectivity index (χ0v) is 7.72. The Hall–Kier alpha value is -0.780. The van der Waals surface area contributed by atoms with Crippen LogP contribution in [-0.2, 0) is 0 Å². The average molecular weight is 160 g/mol. The van der Waals surface area contributed by atoms with E-state index in [1.54, 1.807) is 11.1 Å². The van der Waals surface area contributed by atoms with E-state index in [9.17, 15) is 0 Å². The lowest BCUT2D eigenvalue weighted by Gasteiger charge is -2.06. The number of rotatable bonds is 3. The zero-order valence-electron chi connectivity index (χ0n) is 7.72. The molecule has 2 aliphatic rings. The minimum Gasteiger partial charge on any atom is -0.0810 e. The first-order chi connectivity index (χ1) is 5.92. The standard InChI is InChI=1S/C12H16/c1-2-5-12(11-8-9-11)10-6-3-4-7-10/h3-6,11H,2,7-9H2,1H3/b12-5+. The van der Waals surface area contributed by atoms with Crippen LogP contribution in [0.4, 0.5) is 0 Å². The molecule has 0 amide bonds. The van der Waals surface area contributed by atoms with E-state index in [1.165, 1.54) is 25.7 Å². The normalized spacial score (nSPS) is 23.1. The van der Waals surface area contributed by atoms with Gasteiger partial charge in [0.15, 0.2) is 0 Å². The van der Waals surface area contributed by atoms with Gasteiger partial charge in [0.2, 0.25) is 0 Å². The summed E-state index contributed by atoms with van der Waals surface area (Å²) >= 11 is 0. The van der Waals surface area contributed by atoms with Gasteiger partial charge in [-0.15, -0.1) is 0 Å². The summed E-state index contributed by atoms with van der Waals surface area (Å²) in [4.78, 5) is 0. The molecule has 0 radical (unpaired) electrons. The van der Waals surface area contributed by atoms with Crippen LogP contribution < -0.4 is 0 Å². The van der Waals surface area contributed by atoms with E-state index in [4.69, 9.17) is 0 Å². The number of allylic oxidation sites excluding steroid dienone is 6. The average Bonchev–Trinajstić information content (AvgIpc) is 2.77. The highest BCUT2D eigenvalue weighted by Gasteiger charge is 2.27. The predicted octanol–water partition coefficient (Wildman–Crippen LogP) is 3.62. The Balaban J connectivity index is 2.11. The fourth-order valence-corrected chi connectivity index (χ4v) is 1.84. The highest BCUT2D eigenvalue weighted by atomic mass is 14.3. The van der Waals surface area contributed by atoms with E-state index in [0.29, 0.717) is 0 Å². The van der Waals surface area contributed by atoms with E-state index in [1.807, 2.05) is 0 Å². The van der Waals surface area contributed by atoms with Crippen LogP contribution in [0, 0.1) is 5.92 Å². The molecule has 64 valence electrons. The molecule has 0 heteroatoms. The fourth-order valence-electron chi connectivity index (χ4n) is 1.84. The summed E-state index contributed by atoms with van der Waals surface area (Å²) in [6.07, 6.45) is 14.3. The summed E-state index contributed by atoms with van der Waals surface area (Å²) < 4.78 is 0. The lowest BCUT2D eigenvalue weighted by Crippen LogP contribution is -1.89. The molecule has 0 aromatic rings. The lowest BCUT2D eigenvalue weighted by atomic mass is 10.00. The van der Waals surface area contributed by atoms with Crippen LogP contribution in [0.25, 0.3) is 0 Å². The second kappa shape index (κ2) is 3.30. The molecule has 0 nitrogen and oxygen atoms in total. The molecule has 12 heavy (non-hydrogen) atoms. The van der Waals surface area contributed by atoms with Crippen LogP contribution in [0.15, 0.2) is 35.5 Å². The van der Waals surface area contributed by atoms with Gasteiger partial charge in [-0.25, -0.2) is 0 Å². The third-order valence-corrected chi connectivity index (χ3v) is 2.58. The largest absolute Gasteiger partial charge is 0.0810 e. The number of hydrogen-bond donors (Lipinski definition) is 0. The van der Waals surface area contributed by atoms with Crippen molar-refractivity contribution >= 4 is 0 Å². The molecule has 2 aliphatic carbocycles. The fraction of sp³-hybridized carbons (Fsp3) is 0.500. The number of hydrogen-bond acceptors (Lipinski definition) is 0. The molecule has 0 saturated heterocycles. The van der Waals surface area contributed by atoms with Gasteiger partial charge in [0.1, 0.15) is 0 Å². The van der Waals surface area contributed by atoms with Gasteiger partial charge < -0.3 is 0 Å². The van der Waals surface area contributed by atoms with Crippen molar-refractivity contribution in [3.63, 3.8) is 0 Å². The maximum Gasteiger partial charge on any atom is -0.00916 e. The molecule has 0 aromatic heterocycles. The third kappa shape index (κ3) is 1.52. The Bertz CT molecular complexity index is 249. The Kier molecular flexibility index (Phi) is 2.16. The maximum absolute atomic E-state index is 2.41. The van der Waals surface area contributed by atoms with Crippen molar-refractivity contribution in [2.24, 2.45) is 5.92 Å². The molecular weight excluding hydrogens is 144 g/mol. The van der Waals surface area contributed by atoms with E-state index in [-0.39, 0.29) is 0 Å². The smallest absolute Gasteiger partial charge is 0.00916 e. The van der Waals surface area contributed by atoms with Crippen LogP contribution in [0.2, 0.25) is 0 Å². The van der Waals surface area contributed by atoms with Crippen molar-refractivity contribution in [1.82, 2.24) is 0 Å². The first-order valence-electron chi connectivity index (χ1n) is 4.98. The van der Waals surface area contributed by atoms with Gasteiger partial charge in [0.05, 0.1) is 0 Å². The van der Waals surface area contributed by atoms with E-state index < -0.39 is 0 Å². The van der Waals surface area contributed by atoms with Gasteiger partial charge >= 0.3 is 0 Å². The quantitative estimate of drug-likeness (QED) is 0.591. The van der Waals surface area contributed by atoms with Crippen LogP contribution in [-0.4, -0.2) is 0 Å². The first kappa shape index (κ1) is 7.85. The lowest BCUT2D eigenvalue weighted by molar-refractivity contribution is 0.975. The Morgan fingerprint density at radius 1 is 1.58 bits per heavy atom. The van der Waals surface area contributed by atoms with Crippen molar-refractivity contribution in [2.45, 2.75) is 32.6 Å². The van der Waals surface area contributed by atoms with Crippen molar-refractivity contribution in [3.05, 3.63) is 35.5 Å². The summed E-state index contributed by atoms with van der Waals surface area (Å²) in [5.41, 5.74) is 3.21. The third-order valence-electron chi connectivity index (χ3n) is 2.58. The summed E-state index contributed by atoms with van der Waals surface area (Å²) in [5, 5.41) is 0. The Morgan fingerprint density at radius 2 is 2.42 bits per heavy atom. The summed E-state index contributed by atoms with van der Waals surface area (Å²) in [7, 11) is 0. The molecular formula is C12H16. The van der Waals surface area contributed by atoms with Crippen molar-refractivity contribution in [1.29, 1.82) is 0 Å². The molecule has 0 bridgehead atoms. The van der Waals surface area contributed by atoms with Gasteiger partial charge in [-0.2, -0.15) is 0 Å². The molecule has 1 fully saturated rings. The van der Waals surface area contributed by atoms with Gasteiger partial charge in [-0.05, 0) is 42.7 Å². The molecule has 0 heterocycles. The van der Waals surface area contributed by atoms with Gasteiger partial charge in [-0.1, -0.05) is 31.2 Å². The van der Waals surface area contributed by atoms with E-state index >= 15 is 0 Å². The van der Waals surface area contributed by atoms with Gasteiger partial charge in [0.25, 0.3) is 0 Å². The highest BCUT2D eigenvalue weighted by molar-refractivity contribution is 5.42. The van der Waals surface area contributed by atoms with Crippen molar-refractivity contribution in [3.8, 4) is 0 Å². The molecule has 0 N–H and O–H groups in total. The molecule has 0 unspecified atom stereocenters. The Morgan fingerprint density at radius 3 is 2.92 bits per heavy atom. The molecule has 0 atom stereocenters. The summed E-state index contributed by atoms with van der Waals surface area (Å²) in [5.74, 6) is 0.913. The summed E-state index contributed by atoms with van der Waals surface area (Å²) in [6.45, 7) is 2.23. The minimum absolute atomic E-state index is 0.913. The predicted molar refractivity (Wildman–Crippen MR) is 52.9 cm³/mol. The van der Waals surface area contributed by atoms with Crippen LogP contribution >= 0.6 is 0 Å². The molecule has 0 aliphatic heterocycles. The summed E-state index contributed by atoms with van der Waals surface area (Å²) in [6, 6.07) is 0. The van der Waals surface area contributed by atoms with Crippen molar-refractivity contribution < 1.29 is 0 Å². The maximum atomic E-state index is 2.41. The van der Waals surface area contributed by atoms with E-state index in [2.05, 4.69) is 31.2 Å². The SMILES string of the molecule is CC/C=C(\C1=CC=CC1)C1CC1. The van der Waals surface area contributed by atoms with E-state index in [0.717, 1.165) is 5.92 Å². The first-order valence-corrected chi connectivity index (χ1v) is 4.98. The molecule has 0 spiro atoms. The second-order valence-electron chi connectivity index (χ2n) is 3.67.